The van der Waals surface area contributed by atoms with E-state index in [-0.39, 0.29) is 12.1 Å². The number of carbonyl (C=O) groups excluding carboxylic acids is 1. The van der Waals surface area contributed by atoms with Gasteiger partial charge < -0.3 is 20.1 Å². The zero-order valence-corrected chi connectivity index (χ0v) is 14.2. The van der Waals surface area contributed by atoms with Gasteiger partial charge in [-0.05, 0) is 51.1 Å². The summed E-state index contributed by atoms with van der Waals surface area (Å²) in [5.74, 6) is 1.31. The van der Waals surface area contributed by atoms with Crippen LogP contribution < -0.4 is 20.1 Å². The minimum atomic E-state index is -0.293. The molecule has 2 rings (SSSR count). The Balaban J connectivity index is 1.89. The lowest BCUT2D eigenvalue weighted by molar-refractivity contribution is 0.229. The van der Waals surface area contributed by atoms with E-state index in [0.717, 1.165) is 11.3 Å². The standard InChI is InChI=1S/C18H23N3O3/c1-4-23-16-9-7-15(8-10-16)21-18(22)20-12-14-6-5-11-19-17(14)24-13(2)3/h5-11,13H,4,12H2,1-3H3,(H2,20,21,22). The van der Waals surface area contributed by atoms with E-state index in [1.54, 1.807) is 18.3 Å². The molecule has 0 aliphatic rings. The van der Waals surface area contributed by atoms with Crippen molar-refractivity contribution in [3.05, 3.63) is 48.2 Å². The SMILES string of the molecule is CCOc1ccc(NC(=O)NCc2cccnc2OC(C)C)cc1. The molecule has 24 heavy (non-hydrogen) atoms. The molecule has 6 heteroatoms. The highest BCUT2D eigenvalue weighted by Gasteiger charge is 2.08. The summed E-state index contributed by atoms with van der Waals surface area (Å²) >= 11 is 0. The molecule has 0 radical (unpaired) electrons. The number of ether oxygens (including phenoxy) is 2. The summed E-state index contributed by atoms with van der Waals surface area (Å²) in [6.07, 6.45) is 1.69. The first-order valence-corrected chi connectivity index (χ1v) is 7.96. The number of anilines is 1. The van der Waals surface area contributed by atoms with E-state index in [9.17, 15) is 4.79 Å². The number of urea groups is 1. The van der Waals surface area contributed by atoms with Crippen LogP contribution in [0.25, 0.3) is 0 Å². The predicted molar refractivity (Wildman–Crippen MR) is 93.5 cm³/mol. The van der Waals surface area contributed by atoms with Crippen LogP contribution in [0.1, 0.15) is 26.3 Å². The number of nitrogens with zero attached hydrogens (tertiary/aromatic N) is 1. The number of hydrogen-bond acceptors (Lipinski definition) is 4. The van der Waals surface area contributed by atoms with Gasteiger partial charge in [0, 0.05) is 24.0 Å². The van der Waals surface area contributed by atoms with Crippen LogP contribution in [-0.2, 0) is 6.54 Å². The van der Waals surface area contributed by atoms with E-state index < -0.39 is 0 Å². The molecule has 0 saturated carbocycles. The average molecular weight is 329 g/mol. The Morgan fingerprint density at radius 2 is 1.96 bits per heavy atom. The third kappa shape index (κ3) is 5.46. The van der Waals surface area contributed by atoms with Crippen molar-refractivity contribution >= 4 is 11.7 Å². The van der Waals surface area contributed by atoms with Crippen LogP contribution in [0, 0.1) is 0 Å². The molecule has 128 valence electrons. The molecular formula is C18H23N3O3. The Kier molecular flexibility index (Phi) is 6.42. The van der Waals surface area contributed by atoms with Crippen molar-refractivity contribution in [1.82, 2.24) is 10.3 Å². The fourth-order valence-electron chi connectivity index (χ4n) is 2.04. The van der Waals surface area contributed by atoms with Crippen LogP contribution in [0.3, 0.4) is 0 Å². The molecule has 1 aromatic heterocycles. The van der Waals surface area contributed by atoms with Crippen molar-refractivity contribution in [2.45, 2.75) is 33.4 Å². The van der Waals surface area contributed by atoms with E-state index in [1.807, 2.05) is 45.0 Å². The second-order valence-corrected chi connectivity index (χ2v) is 5.40. The molecule has 0 saturated heterocycles. The van der Waals surface area contributed by atoms with Crippen molar-refractivity contribution in [2.75, 3.05) is 11.9 Å². The Hall–Kier alpha value is -2.76. The van der Waals surface area contributed by atoms with Gasteiger partial charge in [0.1, 0.15) is 5.75 Å². The second kappa shape index (κ2) is 8.76. The van der Waals surface area contributed by atoms with Crippen molar-refractivity contribution in [3.8, 4) is 11.6 Å². The lowest BCUT2D eigenvalue weighted by atomic mass is 10.2. The molecule has 2 N–H and O–H groups in total. The summed E-state index contributed by atoms with van der Waals surface area (Å²) in [5.41, 5.74) is 1.52. The summed E-state index contributed by atoms with van der Waals surface area (Å²) in [4.78, 5) is 16.2. The number of hydrogen-bond donors (Lipinski definition) is 2. The van der Waals surface area contributed by atoms with Gasteiger partial charge >= 0.3 is 6.03 Å². The van der Waals surface area contributed by atoms with Crippen LogP contribution in [0.2, 0.25) is 0 Å². The Morgan fingerprint density at radius 3 is 2.62 bits per heavy atom. The fraction of sp³-hybridized carbons (Fsp3) is 0.333. The number of benzene rings is 1. The smallest absolute Gasteiger partial charge is 0.319 e. The monoisotopic (exact) mass is 329 g/mol. The number of nitrogens with one attached hydrogen (secondary N) is 2. The van der Waals surface area contributed by atoms with Gasteiger partial charge in [-0.1, -0.05) is 6.07 Å². The highest BCUT2D eigenvalue weighted by atomic mass is 16.5. The summed E-state index contributed by atoms with van der Waals surface area (Å²) in [5, 5.41) is 5.57. The van der Waals surface area contributed by atoms with E-state index in [1.165, 1.54) is 0 Å². The average Bonchev–Trinajstić information content (AvgIpc) is 2.56. The maximum atomic E-state index is 12.0. The van der Waals surface area contributed by atoms with Gasteiger partial charge in [0.15, 0.2) is 0 Å². The summed E-state index contributed by atoms with van der Waals surface area (Å²) < 4.78 is 11.0. The van der Waals surface area contributed by atoms with Crippen molar-refractivity contribution in [3.63, 3.8) is 0 Å². The Bertz CT molecular complexity index is 657. The van der Waals surface area contributed by atoms with Crippen LogP contribution >= 0.6 is 0 Å². The predicted octanol–water partition coefficient (Wildman–Crippen LogP) is 3.59. The van der Waals surface area contributed by atoms with Gasteiger partial charge in [-0.3, -0.25) is 0 Å². The van der Waals surface area contributed by atoms with Crippen molar-refractivity contribution < 1.29 is 14.3 Å². The van der Waals surface area contributed by atoms with Gasteiger partial charge in [0.2, 0.25) is 5.88 Å². The van der Waals surface area contributed by atoms with Gasteiger partial charge in [-0.15, -0.1) is 0 Å². The number of carbonyl (C=O) groups is 1. The largest absolute Gasteiger partial charge is 0.494 e. The second-order valence-electron chi connectivity index (χ2n) is 5.40. The molecule has 6 nitrogen and oxygen atoms in total. The van der Waals surface area contributed by atoms with Crippen LogP contribution in [0.15, 0.2) is 42.6 Å². The molecule has 2 aromatic rings. The Labute approximate surface area is 142 Å². The third-order valence-electron chi connectivity index (χ3n) is 3.06. The third-order valence-corrected chi connectivity index (χ3v) is 3.06. The highest BCUT2D eigenvalue weighted by molar-refractivity contribution is 5.89. The maximum absolute atomic E-state index is 12.0. The minimum absolute atomic E-state index is 0.0244. The molecule has 0 spiro atoms. The van der Waals surface area contributed by atoms with E-state index >= 15 is 0 Å². The van der Waals surface area contributed by atoms with Gasteiger partial charge in [0.25, 0.3) is 0 Å². The lowest BCUT2D eigenvalue weighted by Gasteiger charge is -2.13. The van der Waals surface area contributed by atoms with Crippen molar-refractivity contribution in [2.24, 2.45) is 0 Å². The highest BCUT2D eigenvalue weighted by Crippen LogP contribution is 2.17. The minimum Gasteiger partial charge on any atom is -0.494 e. The Morgan fingerprint density at radius 1 is 1.21 bits per heavy atom. The number of aromatic nitrogens is 1. The first kappa shape index (κ1) is 17.6. The first-order chi connectivity index (χ1) is 11.6. The molecule has 0 fully saturated rings. The van der Waals surface area contributed by atoms with E-state index in [0.29, 0.717) is 24.7 Å². The molecular weight excluding hydrogens is 306 g/mol. The van der Waals surface area contributed by atoms with Gasteiger partial charge in [-0.2, -0.15) is 0 Å². The van der Waals surface area contributed by atoms with Gasteiger partial charge in [-0.25, -0.2) is 9.78 Å². The quantitative estimate of drug-likeness (QED) is 0.814. The van der Waals surface area contributed by atoms with E-state index in [4.69, 9.17) is 9.47 Å². The number of pyridine rings is 1. The molecule has 0 aliphatic carbocycles. The van der Waals surface area contributed by atoms with Crippen LogP contribution in [0.4, 0.5) is 10.5 Å². The van der Waals surface area contributed by atoms with Crippen LogP contribution in [0.5, 0.6) is 11.6 Å². The number of rotatable bonds is 7. The van der Waals surface area contributed by atoms with Gasteiger partial charge in [0.05, 0.1) is 12.7 Å². The summed E-state index contributed by atoms with van der Waals surface area (Å²) in [7, 11) is 0. The number of amides is 2. The molecule has 0 unspecified atom stereocenters. The zero-order valence-electron chi connectivity index (χ0n) is 14.2. The fourth-order valence-corrected chi connectivity index (χ4v) is 2.04. The maximum Gasteiger partial charge on any atom is 0.319 e. The molecule has 1 heterocycles. The summed E-state index contributed by atoms with van der Waals surface area (Å²) in [6, 6.07) is 10.6. The molecule has 0 bridgehead atoms. The summed E-state index contributed by atoms with van der Waals surface area (Å²) in [6.45, 7) is 6.74. The molecule has 1 aromatic carbocycles. The lowest BCUT2D eigenvalue weighted by Crippen LogP contribution is -2.28. The first-order valence-electron chi connectivity index (χ1n) is 7.96. The molecule has 0 aliphatic heterocycles. The topological polar surface area (TPSA) is 72.5 Å². The van der Waals surface area contributed by atoms with Crippen LogP contribution in [-0.4, -0.2) is 23.7 Å². The van der Waals surface area contributed by atoms with E-state index in [2.05, 4.69) is 15.6 Å². The normalized spacial score (nSPS) is 10.3. The molecule has 2 amide bonds. The zero-order chi connectivity index (χ0) is 17.4. The van der Waals surface area contributed by atoms with Crippen molar-refractivity contribution in [1.29, 1.82) is 0 Å². The molecule has 0 atom stereocenters.